The van der Waals surface area contributed by atoms with Crippen molar-refractivity contribution >= 4 is 10.9 Å². The summed E-state index contributed by atoms with van der Waals surface area (Å²) >= 11 is 0. The first-order valence-electron chi connectivity index (χ1n) is 7.85. The van der Waals surface area contributed by atoms with E-state index in [0.29, 0.717) is 13.1 Å². The number of fused-ring (bicyclic) bond motifs is 1. The Balaban J connectivity index is 1.82. The fourth-order valence-electron chi connectivity index (χ4n) is 2.76. The summed E-state index contributed by atoms with van der Waals surface area (Å²) in [6.07, 6.45) is 0. The van der Waals surface area contributed by atoms with Crippen LogP contribution in [0.2, 0.25) is 0 Å². The number of aliphatic hydroxyl groups excluding tert-OH is 1. The molecule has 0 fully saturated rings. The van der Waals surface area contributed by atoms with Crippen LogP contribution in [-0.4, -0.2) is 33.1 Å². The normalized spacial score (nSPS) is 11.3. The second kappa shape index (κ2) is 7.31. The van der Waals surface area contributed by atoms with Crippen LogP contribution in [0.4, 0.5) is 0 Å². The highest BCUT2D eigenvalue weighted by Crippen LogP contribution is 2.16. The molecule has 3 aromatic rings. The summed E-state index contributed by atoms with van der Waals surface area (Å²) in [6.45, 7) is 4.14. The molecule has 23 heavy (non-hydrogen) atoms. The Hall–Kier alpha value is -2.30. The van der Waals surface area contributed by atoms with Crippen molar-refractivity contribution in [2.24, 2.45) is 0 Å². The van der Waals surface area contributed by atoms with Crippen LogP contribution in [0.5, 0.6) is 0 Å². The van der Waals surface area contributed by atoms with Crippen molar-refractivity contribution < 1.29 is 5.11 Å². The Morgan fingerprint density at radius 3 is 2.43 bits per heavy atom. The van der Waals surface area contributed by atoms with E-state index in [1.165, 1.54) is 5.56 Å². The molecule has 0 aliphatic carbocycles. The van der Waals surface area contributed by atoms with E-state index in [2.05, 4.69) is 27.0 Å². The SMILES string of the molecule is Cc1nc(CN(CCO)Cc2ccccc2)nc2ccccc12. The van der Waals surface area contributed by atoms with Gasteiger partial charge in [0.25, 0.3) is 0 Å². The van der Waals surface area contributed by atoms with Gasteiger partial charge in [0.2, 0.25) is 0 Å². The third-order valence-electron chi connectivity index (χ3n) is 3.87. The van der Waals surface area contributed by atoms with Gasteiger partial charge in [-0.3, -0.25) is 4.90 Å². The summed E-state index contributed by atoms with van der Waals surface area (Å²) in [5, 5.41) is 10.4. The Morgan fingerprint density at radius 1 is 0.913 bits per heavy atom. The van der Waals surface area contributed by atoms with E-state index in [1.807, 2.05) is 49.4 Å². The maximum absolute atomic E-state index is 9.34. The quantitative estimate of drug-likeness (QED) is 0.761. The number of aliphatic hydroxyl groups is 1. The standard InChI is InChI=1S/C19H21N3O/c1-15-17-9-5-6-10-18(17)21-19(20-15)14-22(11-12-23)13-16-7-3-2-4-8-16/h2-10,23H,11-14H2,1H3. The van der Waals surface area contributed by atoms with Crippen molar-refractivity contribution in [3.63, 3.8) is 0 Å². The third kappa shape index (κ3) is 3.92. The van der Waals surface area contributed by atoms with Crippen molar-refractivity contribution in [1.29, 1.82) is 0 Å². The number of para-hydroxylation sites is 1. The highest BCUT2D eigenvalue weighted by Gasteiger charge is 2.10. The van der Waals surface area contributed by atoms with Gasteiger partial charge in [0.1, 0.15) is 5.82 Å². The largest absolute Gasteiger partial charge is 0.395 e. The third-order valence-corrected chi connectivity index (χ3v) is 3.87. The number of hydrogen-bond donors (Lipinski definition) is 1. The molecular formula is C19H21N3O. The van der Waals surface area contributed by atoms with Gasteiger partial charge in [-0.15, -0.1) is 0 Å². The Labute approximate surface area is 136 Å². The average Bonchev–Trinajstić information content (AvgIpc) is 2.56. The summed E-state index contributed by atoms with van der Waals surface area (Å²) < 4.78 is 0. The molecule has 1 N–H and O–H groups in total. The molecule has 4 heteroatoms. The molecule has 0 aliphatic rings. The molecule has 0 atom stereocenters. The number of hydrogen-bond acceptors (Lipinski definition) is 4. The highest BCUT2D eigenvalue weighted by molar-refractivity contribution is 5.80. The lowest BCUT2D eigenvalue weighted by molar-refractivity contribution is 0.181. The maximum Gasteiger partial charge on any atom is 0.143 e. The first kappa shape index (κ1) is 15.6. The number of aromatic nitrogens is 2. The van der Waals surface area contributed by atoms with Crippen LogP contribution in [0.25, 0.3) is 10.9 Å². The number of nitrogens with zero attached hydrogens (tertiary/aromatic N) is 3. The summed E-state index contributed by atoms with van der Waals surface area (Å²) in [5.41, 5.74) is 3.19. The van der Waals surface area contributed by atoms with E-state index in [1.54, 1.807) is 0 Å². The first-order valence-corrected chi connectivity index (χ1v) is 7.85. The van der Waals surface area contributed by atoms with E-state index in [-0.39, 0.29) is 6.61 Å². The summed E-state index contributed by atoms with van der Waals surface area (Å²) in [7, 11) is 0. The van der Waals surface area contributed by atoms with Crippen LogP contribution in [0.1, 0.15) is 17.1 Å². The van der Waals surface area contributed by atoms with Gasteiger partial charge in [0, 0.05) is 24.2 Å². The van der Waals surface area contributed by atoms with Crippen LogP contribution in [0, 0.1) is 6.92 Å². The summed E-state index contributed by atoms with van der Waals surface area (Å²) in [6, 6.07) is 18.3. The van der Waals surface area contributed by atoms with Gasteiger partial charge in [-0.05, 0) is 18.6 Å². The van der Waals surface area contributed by atoms with Gasteiger partial charge in [-0.25, -0.2) is 9.97 Å². The number of aryl methyl sites for hydroxylation is 1. The minimum atomic E-state index is 0.124. The fraction of sp³-hybridized carbons (Fsp3) is 0.263. The molecule has 0 saturated carbocycles. The van der Waals surface area contributed by atoms with Crippen molar-refractivity contribution in [3.05, 3.63) is 71.7 Å². The molecule has 0 radical (unpaired) electrons. The fourth-order valence-corrected chi connectivity index (χ4v) is 2.76. The second-order valence-electron chi connectivity index (χ2n) is 5.66. The van der Waals surface area contributed by atoms with Gasteiger partial charge in [0.05, 0.1) is 18.7 Å². The zero-order chi connectivity index (χ0) is 16.1. The number of benzene rings is 2. The molecule has 1 heterocycles. The van der Waals surface area contributed by atoms with Crippen molar-refractivity contribution in [1.82, 2.24) is 14.9 Å². The van der Waals surface area contributed by atoms with E-state index >= 15 is 0 Å². The zero-order valence-corrected chi connectivity index (χ0v) is 13.3. The van der Waals surface area contributed by atoms with Crippen LogP contribution in [0.15, 0.2) is 54.6 Å². The Kier molecular flexibility index (Phi) is 4.95. The molecule has 1 aromatic heterocycles. The summed E-state index contributed by atoms with van der Waals surface area (Å²) in [4.78, 5) is 11.5. The number of rotatable bonds is 6. The summed E-state index contributed by atoms with van der Waals surface area (Å²) in [5.74, 6) is 0.797. The van der Waals surface area contributed by atoms with E-state index in [9.17, 15) is 5.11 Å². The van der Waals surface area contributed by atoms with Gasteiger partial charge in [0.15, 0.2) is 0 Å². The average molecular weight is 307 g/mol. The first-order chi connectivity index (χ1) is 11.3. The molecule has 0 spiro atoms. The molecule has 0 bridgehead atoms. The zero-order valence-electron chi connectivity index (χ0n) is 13.3. The molecule has 0 amide bonds. The van der Waals surface area contributed by atoms with Gasteiger partial charge in [-0.2, -0.15) is 0 Å². The minimum Gasteiger partial charge on any atom is -0.395 e. The van der Waals surface area contributed by atoms with Crippen molar-refractivity contribution in [2.45, 2.75) is 20.0 Å². The highest BCUT2D eigenvalue weighted by atomic mass is 16.3. The smallest absolute Gasteiger partial charge is 0.143 e. The predicted molar refractivity (Wildman–Crippen MR) is 91.9 cm³/mol. The Bertz CT molecular complexity index is 774. The van der Waals surface area contributed by atoms with Gasteiger partial charge >= 0.3 is 0 Å². The molecule has 0 aliphatic heterocycles. The molecule has 2 aromatic carbocycles. The molecule has 0 saturated heterocycles. The lowest BCUT2D eigenvalue weighted by Gasteiger charge is -2.21. The maximum atomic E-state index is 9.34. The predicted octanol–water partition coefficient (Wildman–Crippen LogP) is 2.93. The second-order valence-corrected chi connectivity index (χ2v) is 5.66. The molecule has 118 valence electrons. The topological polar surface area (TPSA) is 49.2 Å². The molecule has 3 rings (SSSR count). The van der Waals surface area contributed by atoms with Crippen LogP contribution >= 0.6 is 0 Å². The minimum absolute atomic E-state index is 0.124. The van der Waals surface area contributed by atoms with Crippen molar-refractivity contribution in [3.8, 4) is 0 Å². The lowest BCUT2D eigenvalue weighted by atomic mass is 10.2. The van der Waals surface area contributed by atoms with Crippen LogP contribution in [0.3, 0.4) is 0 Å². The van der Waals surface area contributed by atoms with E-state index in [0.717, 1.165) is 29.0 Å². The molecule has 4 nitrogen and oxygen atoms in total. The Morgan fingerprint density at radius 2 is 1.65 bits per heavy atom. The van der Waals surface area contributed by atoms with Crippen LogP contribution < -0.4 is 0 Å². The molecule has 0 unspecified atom stereocenters. The van der Waals surface area contributed by atoms with Gasteiger partial charge < -0.3 is 5.11 Å². The monoisotopic (exact) mass is 307 g/mol. The van der Waals surface area contributed by atoms with Crippen LogP contribution in [-0.2, 0) is 13.1 Å². The van der Waals surface area contributed by atoms with Crippen molar-refractivity contribution in [2.75, 3.05) is 13.2 Å². The lowest BCUT2D eigenvalue weighted by Crippen LogP contribution is -2.27. The van der Waals surface area contributed by atoms with Gasteiger partial charge in [-0.1, -0.05) is 48.5 Å². The van der Waals surface area contributed by atoms with E-state index < -0.39 is 0 Å². The van der Waals surface area contributed by atoms with E-state index in [4.69, 9.17) is 0 Å². The molecular weight excluding hydrogens is 286 g/mol.